The molecule has 2 atom stereocenters. The van der Waals surface area contributed by atoms with Crippen LogP contribution in [0.15, 0.2) is 12.5 Å². The van der Waals surface area contributed by atoms with Gasteiger partial charge in [0.1, 0.15) is 0 Å². The van der Waals surface area contributed by atoms with E-state index in [0.717, 1.165) is 39.4 Å². The Hall–Kier alpha value is -0.910. The Balaban J connectivity index is 1.57. The van der Waals surface area contributed by atoms with Crippen molar-refractivity contribution in [3.05, 3.63) is 18.2 Å². The first-order valence-electron chi connectivity index (χ1n) is 8.36. The lowest BCUT2D eigenvalue weighted by Crippen LogP contribution is -2.61. The highest BCUT2D eigenvalue weighted by molar-refractivity contribution is 4.98. The molecule has 0 unspecified atom stereocenters. The fourth-order valence-corrected chi connectivity index (χ4v) is 3.61. The first kappa shape index (κ1) is 15.0. The van der Waals surface area contributed by atoms with Gasteiger partial charge in [-0.15, -0.1) is 0 Å². The summed E-state index contributed by atoms with van der Waals surface area (Å²) in [6.45, 7) is 11.6. The van der Waals surface area contributed by atoms with Crippen LogP contribution in [-0.4, -0.2) is 64.3 Å². The van der Waals surface area contributed by atoms with Gasteiger partial charge in [0.15, 0.2) is 0 Å². The molecule has 0 radical (unpaired) electrons. The lowest BCUT2D eigenvalue weighted by molar-refractivity contribution is -0.0842. The normalized spacial score (nSPS) is 27.7. The first-order chi connectivity index (χ1) is 10.3. The lowest BCUT2D eigenvalue weighted by Gasteiger charge is -2.48. The molecular formula is C16H28N4O. The lowest BCUT2D eigenvalue weighted by atomic mass is 10.0. The van der Waals surface area contributed by atoms with Gasteiger partial charge in [-0.25, -0.2) is 4.98 Å². The second-order valence-electron chi connectivity index (χ2n) is 6.30. The molecule has 0 N–H and O–H groups in total. The van der Waals surface area contributed by atoms with Crippen LogP contribution in [0.3, 0.4) is 0 Å². The van der Waals surface area contributed by atoms with E-state index in [1.807, 2.05) is 6.33 Å². The predicted octanol–water partition coefficient (Wildman–Crippen LogP) is 1.59. The summed E-state index contributed by atoms with van der Waals surface area (Å²) in [7, 11) is 0. The fraction of sp³-hybridized carbons (Fsp3) is 0.812. The minimum Gasteiger partial charge on any atom is -0.378 e. The number of aromatic nitrogens is 2. The van der Waals surface area contributed by atoms with Crippen molar-refractivity contribution in [1.29, 1.82) is 0 Å². The fourth-order valence-electron chi connectivity index (χ4n) is 3.61. The van der Waals surface area contributed by atoms with Crippen molar-refractivity contribution in [2.75, 3.05) is 32.8 Å². The average Bonchev–Trinajstić information content (AvgIpc) is 2.95. The van der Waals surface area contributed by atoms with Gasteiger partial charge in [0, 0.05) is 51.0 Å². The minimum atomic E-state index is 0.567. The number of nitrogens with zero attached hydrogens (tertiary/aromatic N) is 4. The third-order valence-corrected chi connectivity index (χ3v) is 4.76. The number of morpholine rings is 1. The molecule has 118 valence electrons. The Labute approximate surface area is 127 Å². The van der Waals surface area contributed by atoms with Crippen LogP contribution in [0.2, 0.25) is 0 Å². The van der Waals surface area contributed by atoms with E-state index in [2.05, 4.69) is 39.4 Å². The summed E-state index contributed by atoms with van der Waals surface area (Å²) in [6.07, 6.45) is 6.61. The van der Waals surface area contributed by atoms with Crippen molar-refractivity contribution in [1.82, 2.24) is 19.4 Å². The van der Waals surface area contributed by atoms with E-state index in [4.69, 9.17) is 4.74 Å². The standard InChI is InChI=1S/C16H28N4O/c1-3-5-15-11-21-12-16-10-19(6-7-20(15)16)9-14-8-18(4-2)13-17-14/h8,13,15-16H,3-7,9-12H2,1-2H3/t15-,16+/m0/s1. The zero-order valence-electron chi connectivity index (χ0n) is 13.4. The van der Waals surface area contributed by atoms with Crippen LogP contribution in [0.25, 0.3) is 0 Å². The molecule has 0 bridgehead atoms. The highest BCUT2D eigenvalue weighted by Crippen LogP contribution is 2.22. The van der Waals surface area contributed by atoms with E-state index in [1.165, 1.54) is 25.1 Å². The van der Waals surface area contributed by atoms with Crippen LogP contribution in [0.5, 0.6) is 0 Å². The summed E-state index contributed by atoms with van der Waals surface area (Å²) >= 11 is 0. The zero-order chi connectivity index (χ0) is 14.7. The Morgan fingerprint density at radius 3 is 2.95 bits per heavy atom. The second kappa shape index (κ2) is 6.90. The van der Waals surface area contributed by atoms with Gasteiger partial charge >= 0.3 is 0 Å². The maximum Gasteiger partial charge on any atom is 0.0949 e. The van der Waals surface area contributed by atoms with Crippen LogP contribution in [0.1, 0.15) is 32.4 Å². The van der Waals surface area contributed by atoms with Crippen LogP contribution in [0.4, 0.5) is 0 Å². The smallest absolute Gasteiger partial charge is 0.0949 e. The molecule has 0 saturated carbocycles. The van der Waals surface area contributed by atoms with Crippen LogP contribution >= 0.6 is 0 Å². The van der Waals surface area contributed by atoms with E-state index in [1.54, 1.807) is 0 Å². The average molecular weight is 292 g/mol. The number of aryl methyl sites for hydroxylation is 1. The molecule has 5 heteroatoms. The van der Waals surface area contributed by atoms with E-state index in [9.17, 15) is 0 Å². The van der Waals surface area contributed by atoms with E-state index >= 15 is 0 Å². The molecule has 2 fully saturated rings. The molecule has 1 aromatic heterocycles. The monoisotopic (exact) mass is 292 g/mol. The van der Waals surface area contributed by atoms with Gasteiger partial charge in [-0.3, -0.25) is 9.80 Å². The molecule has 0 aliphatic carbocycles. The molecule has 3 heterocycles. The number of hydrogen-bond donors (Lipinski definition) is 0. The van der Waals surface area contributed by atoms with Gasteiger partial charge in [-0.1, -0.05) is 13.3 Å². The molecule has 3 rings (SSSR count). The highest BCUT2D eigenvalue weighted by Gasteiger charge is 2.35. The quantitative estimate of drug-likeness (QED) is 0.825. The van der Waals surface area contributed by atoms with E-state index in [0.29, 0.717) is 12.1 Å². The second-order valence-corrected chi connectivity index (χ2v) is 6.30. The summed E-state index contributed by atoms with van der Waals surface area (Å²) < 4.78 is 7.98. The molecule has 0 spiro atoms. The third-order valence-electron chi connectivity index (χ3n) is 4.76. The number of hydrogen-bond acceptors (Lipinski definition) is 4. The maximum atomic E-state index is 5.84. The van der Waals surface area contributed by atoms with Crippen LogP contribution < -0.4 is 0 Å². The van der Waals surface area contributed by atoms with E-state index in [-0.39, 0.29) is 0 Å². The topological polar surface area (TPSA) is 33.5 Å². The molecule has 0 aromatic carbocycles. The van der Waals surface area contributed by atoms with Gasteiger partial charge in [0.05, 0.1) is 25.2 Å². The van der Waals surface area contributed by atoms with Crippen LogP contribution in [-0.2, 0) is 17.8 Å². The van der Waals surface area contributed by atoms with Crippen molar-refractivity contribution in [2.45, 2.75) is 51.9 Å². The predicted molar refractivity (Wildman–Crippen MR) is 83.2 cm³/mol. The summed E-state index contributed by atoms with van der Waals surface area (Å²) in [5.41, 5.74) is 1.19. The van der Waals surface area contributed by atoms with Crippen molar-refractivity contribution >= 4 is 0 Å². The third kappa shape index (κ3) is 3.47. The summed E-state index contributed by atoms with van der Waals surface area (Å²) in [5, 5.41) is 0. The molecule has 2 saturated heterocycles. The van der Waals surface area contributed by atoms with Crippen molar-refractivity contribution in [3.8, 4) is 0 Å². The van der Waals surface area contributed by atoms with Crippen molar-refractivity contribution in [2.24, 2.45) is 0 Å². The number of ether oxygens (including phenoxy) is 1. The summed E-state index contributed by atoms with van der Waals surface area (Å²) in [4.78, 5) is 9.72. The Morgan fingerprint density at radius 1 is 1.29 bits per heavy atom. The SMILES string of the molecule is CCC[C@H]1COC[C@H]2CN(Cc3cn(CC)cn3)CCN12. The Morgan fingerprint density at radius 2 is 2.19 bits per heavy atom. The molecule has 21 heavy (non-hydrogen) atoms. The van der Waals surface area contributed by atoms with E-state index < -0.39 is 0 Å². The maximum absolute atomic E-state index is 5.84. The molecule has 1 aromatic rings. The number of imidazole rings is 1. The largest absolute Gasteiger partial charge is 0.378 e. The van der Waals surface area contributed by atoms with Gasteiger partial charge < -0.3 is 9.30 Å². The molecule has 5 nitrogen and oxygen atoms in total. The van der Waals surface area contributed by atoms with Gasteiger partial charge in [0.25, 0.3) is 0 Å². The molecule has 0 amide bonds. The minimum absolute atomic E-state index is 0.567. The molecular weight excluding hydrogens is 264 g/mol. The Bertz CT molecular complexity index is 445. The number of piperazine rings is 1. The summed E-state index contributed by atoms with van der Waals surface area (Å²) in [6, 6.07) is 1.20. The first-order valence-corrected chi connectivity index (χ1v) is 8.36. The van der Waals surface area contributed by atoms with Crippen LogP contribution in [0, 0.1) is 0 Å². The van der Waals surface area contributed by atoms with Crippen molar-refractivity contribution < 1.29 is 4.74 Å². The zero-order valence-corrected chi connectivity index (χ0v) is 13.4. The van der Waals surface area contributed by atoms with Gasteiger partial charge in [-0.05, 0) is 13.3 Å². The van der Waals surface area contributed by atoms with Crippen molar-refractivity contribution in [3.63, 3.8) is 0 Å². The Kier molecular flexibility index (Phi) is 4.93. The number of rotatable bonds is 5. The molecule has 2 aliphatic heterocycles. The summed E-state index contributed by atoms with van der Waals surface area (Å²) in [5.74, 6) is 0. The number of fused-ring (bicyclic) bond motifs is 1. The molecule has 2 aliphatic rings. The van der Waals surface area contributed by atoms with Gasteiger partial charge in [-0.2, -0.15) is 0 Å². The van der Waals surface area contributed by atoms with Gasteiger partial charge in [0.2, 0.25) is 0 Å². The highest BCUT2D eigenvalue weighted by atomic mass is 16.5.